The molecule has 0 amide bonds. The number of anilines is 1. The molecule has 1 aliphatic rings. The van der Waals surface area contributed by atoms with Gasteiger partial charge in [0.2, 0.25) is 0 Å². The molecule has 0 bridgehead atoms. The second kappa shape index (κ2) is 6.06. The highest BCUT2D eigenvalue weighted by atomic mass is 32.1. The van der Waals surface area contributed by atoms with E-state index in [1.165, 1.54) is 6.42 Å². The Balaban J connectivity index is 2.08. The van der Waals surface area contributed by atoms with Crippen LogP contribution in [0.4, 0.5) is 5.82 Å². The molecule has 0 saturated carbocycles. The van der Waals surface area contributed by atoms with E-state index >= 15 is 0 Å². The largest absolute Gasteiger partial charge is 0.388 e. The zero-order valence-corrected chi connectivity index (χ0v) is 11.3. The zero-order valence-electron chi connectivity index (χ0n) is 10.5. The van der Waals surface area contributed by atoms with Crippen molar-refractivity contribution in [2.75, 3.05) is 25.1 Å². The summed E-state index contributed by atoms with van der Waals surface area (Å²) in [5.74, 6) is 0.721. The van der Waals surface area contributed by atoms with E-state index in [4.69, 9.17) is 22.7 Å². The predicted octanol–water partition coefficient (Wildman–Crippen LogP) is 1.12. The van der Waals surface area contributed by atoms with Crippen LogP contribution in [0.3, 0.4) is 0 Å². The zero-order chi connectivity index (χ0) is 13.0. The van der Waals surface area contributed by atoms with E-state index < -0.39 is 0 Å². The van der Waals surface area contributed by atoms with Crippen LogP contribution in [0.5, 0.6) is 0 Å². The van der Waals surface area contributed by atoms with Crippen molar-refractivity contribution in [3.05, 3.63) is 18.1 Å². The van der Waals surface area contributed by atoms with Gasteiger partial charge in [0, 0.05) is 32.6 Å². The molecule has 5 nitrogen and oxygen atoms in total. The summed E-state index contributed by atoms with van der Waals surface area (Å²) in [6.07, 6.45) is 6.97. The first kappa shape index (κ1) is 13.2. The van der Waals surface area contributed by atoms with Crippen molar-refractivity contribution in [2.24, 2.45) is 5.73 Å². The number of ether oxygens (including phenoxy) is 1. The summed E-state index contributed by atoms with van der Waals surface area (Å²) in [6.45, 7) is 1.63. The van der Waals surface area contributed by atoms with Gasteiger partial charge in [-0.2, -0.15) is 0 Å². The van der Waals surface area contributed by atoms with Crippen molar-refractivity contribution in [3.8, 4) is 0 Å². The molecule has 2 heterocycles. The normalized spacial score (nSPS) is 19.5. The number of nitrogens with zero attached hydrogens (tertiary/aromatic N) is 3. The van der Waals surface area contributed by atoms with Crippen LogP contribution < -0.4 is 10.6 Å². The monoisotopic (exact) mass is 266 g/mol. The molecule has 2 rings (SSSR count). The topological polar surface area (TPSA) is 64.3 Å². The highest BCUT2D eigenvalue weighted by molar-refractivity contribution is 7.80. The Bertz CT molecular complexity index is 420. The maximum atomic E-state index is 5.72. The van der Waals surface area contributed by atoms with Crippen molar-refractivity contribution >= 4 is 23.0 Å². The molecule has 0 aromatic carbocycles. The molecular formula is C12H18N4OS. The summed E-state index contributed by atoms with van der Waals surface area (Å²) in [4.78, 5) is 10.8. The van der Waals surface area contributed by atoms with Gasteiger partial charge < -0.3 is 15.4 Å². The maximum absolute atomic E-state index is 5.72. The molecule has 0 aliphatic carbocycles. The SMILES string of the molecule is CN(CC1CCCCO1)c1nccnc1C(N)=S. The Hall–Kier alpha value is -1.27. The van der Waals surface area contributed by atoms with E-state index in [9.17, 15) is 0 Å². The van der Waals surface area contributed by atoms with Crippen LogP contribution in [-0.4, -0.2) is 41.3 Å². The van der Waals surface area contributed by atoms with Crippen LogP contribution >= 0.6 is 12.2 Å². The molecule has 18 heavy (non-hydrogen) atoms. The van der Waals surface area contributed by atoms with Crippen LogP contribution in [0.25, 0.3) is 0 Å². The van der Waals surface area contributed by atoms with Crippen molar-refractivity contribution < 1.29 is 4.74 Å². The molecule has 1 saturated heterocycles. The fourth-order valence-electron chi connectivity index (χ4n) is 2.13. The molecule has 1 fully saturated rings. The van der Waals surface area contributed by atoms with Crippen LogP contribution in [0.1, 0.15) is 25.0 Å². The summed E-state index contributed by atoms with van der Waals surface area (Å²) in [7, 11) is 1.96. The molecule has 1 aliphatic heterocycles. The number of hydrogen-bond acceptors (Lipinski definition) is 5. The lowest BCUT2D eigenvalue weighted by atomic mass is 10.1. The molecule has 2 N–H and O–H groups in total. The van der Waals surface area contributed by atoms with Crippen LogP contribution in [0.2, 0.25) is 0 Å². The number of thiocarbonyl (C=S) groups is 1. The van der Waals surface area contributed by atoms with Gasteiger partial charge in [-0.15, -0.1) is 0 Å². The Morgan fingerprint density at radius 3 is 2.94 bits per heavy atom. The third kappa shape index (κ3) is 3.14. The second-order valence-corrected chi connectivity index (χ2v) is 4.90. The number of aromatic nitrogens is 2. The summed E-state index contributed by atoms with van der Waals surface area (Å²) < 4.78 is 5.72. The average molecular weight is 266 g/mol. The van der Waals surface area contributed by atoms with E-state index in [1.807, 2.05) is 11.9 Å². The van der Waals surface area contributed by atoms with Gasteiger partial charge in [-0.05, 0) is 19.3 Å². The lowest BCUT2D eigenvalue weighted by Crippen LogP contribution is -2.35. The van der Waals surface area contributed by atoms with Gasteiger partial charge in [0.15, 0.2) is 5.82 Å². The Labute approximate surface area is 112 Å². The molecule has 1 aromatic heterocycles. The third-order valence-corrected chi connectivity index (χ3v) is 3.22. The number of hydrogen-bond donors (Lipinski definition) is 1. The third-order valence-electron chi connectivity index (χ3n) is 3.03. The molecular weight excluding hydrogens is 248 g/mol. The van der Waals surface area contributed by atoms with Gasteiger partial charge in [0.05, 0.1) is 6.10 Å². The highest BCUT2D eigenvalue weighted by Crippen LogP contribution is 2.18. The molecule has 0 spiro atoms. The minimum absolute atomic E-state index is 0.255. The lowest BCUT2D eigenvalue weighted by molar-refractivity contribution is 0.0215. The van der Waals surface area contributed by atoms with Gasteiger partial charge in [-0.3, -0.25) is 0 Å². The summed E-state index contributed by atoms with van der Waals surface area (Å²) in [6, 6.07) is 0. The first-order valence-electron chi connectivity index (χ1n) is 6.12. The molecule has 1 atom stereocenters. The fourth-order valence-corrected chi connectivity index (χ4v) is 2.27. The average Bonchev–Trinajstić information content (AvgIpc) is 2.40. The van der Waals surface area contributed by atoms with E-state index in [2.05, 4.69) is 9.97 Å². The van der Waals surface area contributed by atoms with E-state index in [-0.39, 0.29) is 11.1 Å². The molecule has 98 valence electrons. The molecule has 1 aromatic rings. The number of likely N-dealkylation sites (N-methyl/N-ethyl adjacent to an activating group) is 1. The van der Waals surface area contributed by atoms with Crippen LogP contribution in [0, 0.1) is 0 Å². The standard InChI is InChI=1S/C12H18N4OS/c1-16(8-9-4-2-3-7-17-9)12-10(11(13)18)14-5-6-15-12/h5-6,9H,2-4,7-8H2,1H3,(H2,13,18). The van der Waals surface area contributed by atoms with Crippen molar-refractivity contribution in [2.45, 2.75) is 25.4 Å². The van der Waals surface area contributed by atoms with Gasteiger partial charge in [0.25, 0.3) is 0 Å². The van der Waals surface area contributed by atoms with Gasteiger partial charge in [0.1, 0.15) is 10.7 Å². The van der Waals surface area contributed by atoms with Crippen molar-refractivity contribution in [3.63, 3.8) is 0 Å². The van der Waals surface area contributed by atoms with Crippen LogP contribution in [0.15, 0.2) is 12.4 Å². The summed E-state index contributed by atoms with van der Waals surface area (Å²) in [5, 5.41) is 0. The lowest BCUT2D eigenvalue weighted by Gasteiger charge is -2.28. The first-order chi connectivity index (χ1) is 8.68. The van der Waals surface area contributed by atoms with Crippen LogP contribution in [-0.2, 0) is 4.74 Å². The minimum atomic E-state index is 0.255. The highest BCUT2D eigenvalue weighted by Gasteiger charge is 2.19. The van der Waals surface area contributed by atoms with Gasteiger partial charge in [-0.1, -0.05) is 12.2 Å². The Morgan fingerprint density at radius 1 is 1.50 bits per heavy atom. The van der Waals surface area contributed by atoms with Gasteiger partial charge in [-0.25, -0.2) is 9.97 Å². The van der Waals surface area contributed by atoms with E-state index in [0.29, 0.717) is 5.69 Å². The molecule has 6 heteroatoms. The maximum Gasteiger partial charge on any atom is 0.157 e. The van der Waals surface area contributed by atoms with Crippen molar-refractivity contribution in [1.82, 2.24) is 9.97 Å². The molecule has 0 radical (unpaired) electrons. The predicted molar refractivity (Wildman–Crippen MR) is 74.8 cm³/mol. The first-order valence-corrected chi connectivity index (χ1v) is 6.53. The van der Waals surface area contributed by atoms with Gasteiger partial charge >= 0.3 is 0 Å². The fraction of sp³-hybridized carbons (Fsp3) is 0.583. The number of nitrogens with two attached hydrogens (primary N) is 1. The quantitative estimate of drug-likeness (QED) is 0.824. The van der Waals surface area contributed by atoms with E-state index in [0.717, 1.165) is 31.8 Å². The summed E-state index contributed by atoms with van der Waals surface area (Å²) in [5.41, 5.74) is 6.23. The Morgan fingerprint density at radius 2 is 2.28 bits per heavy atom. The minimum Gasteiger partial charge on any atom is -0.388 e. The van der Waals surface area contributed by atoms with Crippen molar-refractivity contribution in [1.29, 1.82) is 0 Å². The van der Waals surface area contributed by atoms with E-state index in [1.54, 1.807) is 12.4 Å². The smallest absolute Gasteiger partial charge is 0.157 e. The number of rotatable bonds is 4. The Kier molecular flexibility index (Phi) is 4.43. The second-order valence-electron chi connectivity index (χ2n) is 4.46. The summed E-state index contributed by atoms with van der Waals surface area (Å²) >= 11 is 4.99. The molecule has 1 unspecified atom stereocenters.